The molecule has 1 saturated heterocycles. The maximum absolute atomic E-state index is 3.62. The van der Waals surface area contributed by atoms with Crippen LogP contribution in [0.4, 0.5) is 0 Å². The maximum atomic E-state index is 3.62. The number of rotatable bonds is 2. The lowest BCUT2D eigenvalue weighted by Crippen LogP contribution is -2.51. The molecule has 2 fully saturated rings. The Bertz CT molecular complexity index is 209. The second-order valence-corrected chi connectivity index (χ2v) is 6.13. The average molecular weight is 224 g/mol. The van der Waals surface area contributed by atoms with Crippen LogP contribution in [0, 0.1) is 5.92 Å². The fourth-order valence-electron chi connectivity index (χ4n) is 3.40. The van der Waals surface area contributed by atoms with Gasteiger partial charge in [0.25, 0.3) is 0 Å². The summed E-state index contributed by atoms with van der Waals surface area (Å²) in [4.78, 5) is 2.68. The van der Waals surface area contributed by atoms with Gasteiger partial charge in [0.1, 0.15) is 0 Å². The molecule has 1 aliphatic carbocycles. The van der Waals surface area contributed by atoms with E-state index in [0.717, 1.165) is 24.0 Å². The first-order chi connectivity index (χ1) is 7.66. The third-order valence-electron chi connectivity index (χ3n) is 4.70. The lowest BCUT2D eigenvalue weighted by molar-refractivity contribution is 0.0963. The third-order valence-corrected chi connectivity index (χ3v) is 4.70. The topological polar surface area (TPSA) is 15.3 Å². The Hall–Kier alpha value is -0.0800. The molecular formula is C14H28N2. The molecule has 0 amide bonds. The van der Waals surface area contributed by atoms with E-state index in [2.05, 4.69) is 31.1 Å². The van der Waals surface area contributed by atoms with Crippen LogP contribution < -0.4 is 5.32 Å². The van der Waals surface area contributed by atoms with E-state index in [-0.39, 0.29) is 0 Å². The molecule has 16 heavy (non-hydrogen) atoms. The molecule has 1 heterocycles. The molecule has 0 spiro atoms. The quantitative estimate of drug-likeness (QED) is 0.776. The Morgan fingerprint density at radius 2 is 1.81 bits per heavy atom. The van der Waals surface area contributed by atoms with Crippen LogP contribution in [0.2, 0.25) is 0 Å². The van der Waals surface area contributed by atoms with Crippen molar-refractivity contribution in [3.8, 4) is 0 Å². The SMILES string of the molecule is CC1CCCC(N(C)C2CCC(C)NC2)C1. The van der Waals surface area contributed by atoms with Gasteiger partial charge in [0.05, 0.1) is 0 Å². The molecule has 0 radical (unpaired) electrons. The first-order valence-electron chi connectivity index (χ1n) is 7.12. The van der Waals surface area contributed by atoms with Crippen LogP contribution in [0.5, 0.6) is 0 Å². The standard InChI is InChI=1S/C14H28N2/c1-11-5-4-6-13(9-11)16(3)14-8-7-12(2)15-10-14/h11-15H,4-10H2,1-3H3. The van der Waals surface area contributed by atoms with Crippen LogP contribution in [-0.2, 0) is 0 Å². The Morgan fingerprint density at radius 1 is 1.00 bits per heavy atom. The fraction of sp³-hybridized carbons (Fsp3) is 1.00. The predicted molar refractivity (Wildman–Crippen MR) is 69.7 cm³/mol. The zero-order valence-electron chi connectivity index (χ0n) is 11.2. The van der Waals surface area contributed by atoms with Gasteiger partial charge in [0.15, 0.2) is 0 Å². The van der Waals surface area contributed by atoms with Crippen molar-refractivity contribution in [2.45, 2.75) is 70.5 Å². The molecule has 2 rings (SSSR count). The molecule has 4 unspecified atom stereocenters. The Morgan fingerprint density at radius 3 is 2.44 bits per heavy atom. The lowest BCUT2D eigenvalue weighted by Gasteiger charge is -2.41. The zero-order valence-corrected chi connectivity index (χ0v) is 11.2. The highest BCUT2D eigenvalue weighted by molar-refractivity contribution is 4.86. The normalized spacial score (nSPS) is 41.2. The first kappa shape index (κ1) is 12.4. The van der Waals surface area contributed by atoms with E-state index in [1.807, 2.05) is 0 Å². The Balaban J connectivity index is 1.84. The molecule has 0 aromatic heterocycles. The monoisotopic (exact) mass is 224 g/mol. The van der Waals surface area contributed by atoms with Crippen LogP contribution >= 0.6 is 0 Å². The summed E-state index contributed by atoms with van der Waals surface area (Å²) < 4.78 is 0. The van der Waals surface area contributed by atoms with Crippen molar-refractivity contribution in [2.24, 2.45) is 5.92 Å². The molecule has 4 atom stereocenters. The van der Waals surface area contributed by atoms with Gasteiger partial charge < -0.3 is 5.32 Å². The molecule has 1 N–H and O–H groups in total. The summed E-state index contributed by atoms with van der Waals surface area (Å²) in [6.07, 6.45) is 8.46. The molecular weight excluding hydrogens is 196 g/mol. The van der Waals surface area contributed by atoms with Crippen molar-refractivity contribution in [3.05, 3.63) is 0 Å². The summed E-state index contributed by atoms with van der Waals surface area (Å²) in [5.41, 5.74) is 0. The maximum Gasteiger partial charge on any atom is 0.0221 e. The van der Waals surface area contributed by atoms with Gasteiger partial charge in [0, 0.05) is 24.7 Å². The summed E-state index contributed by atoms with van der Waals surface area (Å²) in [6.45, 7) is 5.92. The minimum absolute atomic E-state index is 0.731. The number of piperidine rings is 1. The van der Waals surface area contributed by atoms with Gasteiger partial charge in [-0.25, -0.2) is 0 Å². The molecule has 1 saturated carbocycles. The van der Waals surface area contributed by atoms with Crippen molar-refractivity contribution < 1.29 is 0 Å². The summed E-state index contributed by atoms with van der Waals surface area (Å²) in [5.74, 6) is 0.941. The van der Waals surface area contributed by atoms with Crippen LogP contribution in [0.3, 0.4) is 0 Å². The van der Waals surface area contributed by atoms with E-state index >= 15 is 0 Å². The van der Waals surface area contributed by atoms with Crippen LogP contribution in [-0.4, -0.2) is 36.6 Å². The number of likely N-dealkylation sites (N-methyl/N-ethyl adjacent to an activating group) is 1. The second-order valence-electron chi connectivity index (χ2n) is 6.13. The van der Waals surface area contributed by atoms with Gasteiger partial charge in [-0.3, -0.25) is 4.90 Å². The summed E-state index contributed by atoms with van der Waals surface area (Å²) in [7, 11) is 2.35. The first-order valence-corrected chi connectivity index (χ1v) is 7.12. The third kappa shape index (κ3) is 2.98. The predicted octanol–water partition coefficient (Wildman–Crippen LogP) is 2.64. The molecule has 1 aliphatic heterocycles. The Kier molecular flexibility index (Phi) is 4.26. The van der Waals surface area contributed by atoms with E-state index < -0.39 is 0 Å². The molecule has 0 aromatic carbocycles. The van der Waals surface area contributed by atoms with Crippen molar-refractivity contribution in [1.82, 2.24) is 10.2 Å². The van der Waals surface area contributed by atoms with E-state index in [1.165, 1.54) is 45.1 Å². The van der Waals surface area contributed by atoms with Crippen LogP contribution in [0.1, 0.15) is 52.4 Å². The van der Waals surface area contributed by atoms with Gasteiger partial charge in [-0.2, -0.15) is 0 Å². The average Bonchev–Trinajstić information content (AvgIpc) is 2.29. The van der Waals surface area contributed by atoms with Gasteiger partial charge in [0.2, 0.25) is 0 Å². The zero-order chi connectivity index (χ0) is 11.5. The molecule has 2 heteroatoms. The molecule has 94 valence electrons. The van der Waals surface area contributed by atoms with Gasteiger partial charge >= 0.3 is 0 Å². The lowest BCUT2D eigenvalue weighted by atomic mass is 9.85. The number of hydrogen-bond acceptors (Lipinski definition) is 2. The van der Waals surface area contributed by atoms with Gasteiger partial charge in [-0.05, 0) is 45.6 Å². The van der Waals surface area contributed by atoms with Crippen LogP contribution in [0.15, 0.2) is 0 Å². The molecule has 2 aliphatic rings. The highest BCUT2D eigenvalue weighted by Gasteiger charge is 2.28. The fourth-order valence-corrected chi connectivity index (χ4v) is 3.40. The number of hydrogen-bond donors (Lipinski definition) is 1. The Labute approximate surface area is 101 Å². The number of nitrogens with one attached hydrogen (secondary N) is 1. The minimum atomic E-state index is 0.731. The van der Waals surface area contributed by atoms with Crippen molar-refractivity contribution in [2.75, 3.05) is 13.6 Å². The van der Waals surface area contributed by atoms with Crippen LogP contribution in [0.25, 0.3) is 0 Å². The van der Waals surface area contributed by atoms with Crippen molar-refractivity contribution in [1.29, 1.82) is 0 Å². The smallest absolute Gasteiger partial charge is 0.0221 e. The van der Waals surface area contributed by atoms with E-state index in [4.69, 9.17) is 0 Å². The van der Waals surface area contributed by atoms with Crippen molar-refractivity contribution in [3.63, 3.8) is 0 Å². The van der Waals surface area contributed by atoms with E-state index in [1.54, 1.807) is 0 Å². The molecule has 2 nitrogen and oxygen atoms in total. The highest BCUT2D eigenvalue weighted by atomic mass is 15.2. The highest BCUT2D eigenvalue weighted by Crippen LogP contribution is 2.28. The largest absolute Gasteiger partial charge is 0.313 e. The summed E-state index contributed by atoms with van der Waals surface area (Å²) >= 11 is 0. The molecule has 0 bridgehead atoms. The summed E-state index contributed by atoms with van der Waals surface area (Å²) in [5, 5.41) is 3.62. The summed E-state index contributed by atoms with van der Waals surface area (Å²) in [6, 6.07) is 2.37. The van der Waals surface area contributed by atoms with E-state index in [9.17, 15) is 0 Å². The van der Waals surface area contributed by atoms with Gasteiger partial charge in [-0.1, -0.05) is 19.8 Å². The second kappa shape index (κ2) is 5.50. The number of nitrogens with zero attached hydrogens (tertiary/aromatic N) is 1. The molecule has 0 aromatic rings. The van der Waals surface area contributed by atoms with Gasteiger partial charge in [-0.15, -0.1) is 0 Å². The van der Waals surface area contributed by atoms with Crippen molar-refractivity contribution >= 4 is 0 Å². The van der Waals surface area contributed by atoms with E-state index in [0.29, 0.717) is 0 Å². The minimum Gasteiger partial charge on any atom is -0.313 e.